The van der Waals surface area contributed by atoms with Gasteiger partial charge in [-0.1, -0.05) is 0 Å². The van der Waals surface area contributed by atoms with E-state index in [4.69, 9.17) is 9.15 Å². The maximum Gasteiger partial charge on any atom is 0.231 e. The van der Waals surface area contributed by atoms with Crippen LogP contribution >= 0.6 is 0 Å². The smallest absolute Gasteiger partial charge is 0.231 e. The molecule has 28 heavy (non-hydrogen) atoms. The quantitative estimate of drug-likeness (QED) is 0.832. The topological polar surface area (TPSA) is 83.7 Å². The van der Waals surface area contributed by atoms with Gasteiger partial charge in [-0.25, -0.2) is 9.97 Å². The van der Waals surface area contributed by atoms with Gasteiger partial charge in [-0.15, -0.1) is 0 Å². The molecule has 1 atom stereocenters. The van der Waals surface area contributed by atoms with Crippen LogP contribution in [0.3, 0.4) is 0 Å². The number of hydrogen-bond acceptors (Lipinski definition) is 7. The molecule has 0 unspecified atom stereocenters. The lowest BCUT2D eigenvalue weighted by Crippen LogP contribution is -2.46. The van der Waals surface area contributed by atoms with Gasteiger partial charge in [0.1, 0.15) is 17.9 Å². The van der Waals surface area contributed by atoms with E-state index in [1.165, 1.54) is 0 Å². The van der Waals surface area contributed by atoms with E-state index in [-0.39, 0.29) is 11.8 Å². The van der Waals surface area contributed by atoms with Gasteiger partial charge in [0.15, 0.2) is 0 Å². The number of amides is 1. The van der Waals surface area contributed by atoms with Gasteiger partial charge in [-0.3, -0.25) is 9.69 Å². The lowest BCUT2D eigenvalue weighted by Gasteiger charge is -2.33. The molecule has 2 aromatic heterocycles. The third-order valence-corrected chi connectivity index (χ3v) is 5.87. The minimum Gasteiger partial charge on any atom is -0.443 e. The zero-order valence-corrected chi connectivity index (χ0v) is 16.7. The molecule has 2 fully saturated rings. The Kier molecular flexibility index (Phi) is 5.77. The van der Waals surface area contributed by atoms with Gasteiger partial charge in [0.2, 0.25) is 11.6 Å². The molecule has 0 aliphatic carbocycles. The number of carbonyl (C=O) groups excluding carboxylic acids is 1. The normalized spacial score (nSPS) is 21.2. The van der Waals surface area contributed by atoms with Crippen molar-refractivity contribution in [2.24, 2.45) is 5.92 Å². The van der Waals surface area contributed by atoms with E-state index in [9.17, 15) is 4.79 Å². The number of nitrogens with one attached hydrogen (secondary N) is 1. The summed E-state index contributed by atoms with van der Waals surface area (Å²) in [5.74, 6) is 1.87. The highest BCUT2D eigenvalue weighted by atomic mass is 16.5. The first kappa shape index (κ1) is 19.1. The van der Waals surface area contributed by atoms with Crippen LogP contribution in [0.2, 0.25) is 0 Å². The largest absolute Gasteiger partial charge is 0.443 e. The number of piperidine rings is 1. The Morgan fingerprint density at radius 2 is 2.07 bits per heavy atom. The van der Waals surface area contributed by atoms with Crippen molar-refractivity contribution in [3.05, 3.63) is 17.7 Å². The number of morpholine rings is 1. The minimum atomic E-state index is -0.0169. The maximum atomic E-state index is 12.7. The zero-order chi connectivity index (χ0) is 19.5. The van der Waals surface area contributed by atoms with Crippen molar-refractivity contribution >= 4 is 22.8 Å². The van der Waals surface area contributed by atoms with Crippen molar-refractivity contribution in [2.75, 3.05) is 57.4 Å². The van der Waals surface area contributed by atoms with Crippen LogP contribution in [-0.2, 0) is 9.53 Å². The molecule has 1 amide bonds. The average molecular weight is 387 g/mol. The van der Waals surface area contributed by atoms with Crippen molar-refractivity contribution in [1.82, 2.24) is 20.2 Å². The fourth-order valence-electron chi connectivity index (χ4n) is 4.09. The summed E-state index contributed by atoms with van der Waals surface area (Å²) in [7, 11) is 0. The number of nitrogens with zero attached hydrogens (tertiary/aromatic N) is 4. The molecule has 0 bridgehead atoms. The summed E-state index contributed by atoms with van der Waals surface area (Å²) in [6, 6.07) is 0. The van der Waals surface area contributed by atoms with Crippen LogP contribution in [0.25, 0.3) is 11.1 Å². The second kappa shape index (κ2) is 8.45. The monoisotopic (exact) mass is 387 g/mol. The van der Waals surface area contributed by atoms with Gasteiger partial charge in [0.05, 0.1) is 24.5 Å². The molecule has 4 heterocycles. The van der Waals surface area contributed by atoms with Crippen LogP contribution in [0.4, 0.5) is 5.82 Å². The first-order chi connectivity index (χ1) is 13.6. The summed E-state index contributed by atoms with van der Waals surface area (Å²) >= 11 is 0. The van der Waals surface area contributed by atoms with Gasteiger partial charge in [0.25, 0.3) is 0 Å². The number of ether oxygens (including phenoxy) is 1. The summed E-state index contributed by atoms with van der Waals surface area (Å²) in [5.41, 5.74) is 1.69. The molecule has 2 aliphatic rings. The number of furan rings is 1. The number of carbonyl (C=O) groups is 1. The van der Waals surface area contributed by atoms with Gasteiger partial charge in [-0.2, -0.15) is 0 Å². The van der Waals surface area contributed by atoms with Gasteiger partial charge in [0, 0.05) is 44.8 Å². The van der Waals surface area contributed by atoms with Crippen LogP contribution in [-0.4, -0.2) is 73.3 Å². The second-order valence-corrected chi connectivity index (χ2v) is 7.69. The number of aromatic nitrogens is 2. The van der Waals surface area contributed by atoms with Gasteiger partial charge < -0.3 is 19.4 Å². The predicted octanol–water partition coefficient (Wildman–Crippen LogP) is 1.50. The predicted molar refractivity (Wildman–Crippen MR) is 106 cm³/mol. The lowest BCUT2D eigenvalue weighted by atomic mass is 9.96. The van der Waals surface area contributed by atoms with Crippen molar-refractivity contribution in [3.8, 4) is 0 Å². The van der Waals surface area contributed by atoms with E-state index in [1.54, 1.807) is 6.33 Å². The molecule has 2 aliphatic heterocycles. The highest BCUT2D eigenvalue weighted by Gasteiger charge is 2.28. The average Bonchev–Trinajstić information content (AvgIpc) is 3.03. The first-order valence-corrected chi connectivity index (χ1v) is 10.2. The molecule has 2 saturated heterocycles. The first-order valence-electron chi connectivity index (χ1n) is 10.2. The molecule has 0 saturated carbocycles. The second-order valence-electron chi connectivity index (χ2n) is 7.69. The molecule has 8 heteroatoms. The molecular formula is C20H29N5O3. The van der Waals surface area contributed by atoms with Gasteiger partial charge >= 0.3 is 0 Å². The van der Waals surface area contributed by atoms with Crippen molar-refractivity contribution in [3.63, 3.8) is 0 Å². The van der Waals surface area contributed by atoms with Crippen molar-refractivity contribution in [1.29, 1.82) is 0 Å². The Morgan fingerprint density at radius 1 is 1.25 bits per heavy atom. The van der Waals surface area contributed by atoms with Crippen LogP contribution in [0.15, 0.2) is 10.7 Å². The fraction of sp³-hybridized carbons (Fsp3) is 0.650. The number of fused-ring (bicyclic) bond motifs is 1. The summed E-state index contributed by atoms with van der Waals surface area (Å²) in [5, 5.41) is 4.09. The van der Waals surface area contributed by atoms with Gasteiger partial charge in [-0.05, 0) is 26.7 Å². The van der Waals surface area contributed by atoms with Crippen LogP contribution in [0, 0.1) is 19.8 Å². The highest BCUT2D eigenvalue weighted by molar-refractivity contribution is 5.90. The third-order valence-electron chi connectivity index (χ3n) is 5.87. The molecule has 0 spiro atoms. The Balaban J connectivity index is 1.38. The Morgan fingerprint density at radius 3 is 2.89 bits per heavy atom. The molecule has 2 aromatic rings. The number of hydrogen-bond donors (Lipinski definition) is 1. The third kappa shape index (κ3) is 3.98. The Labute approximate surface area is 165 Å². The van der Waals surface area contributed by atoms with E-state index in [0.717, 1.165) is 74.8 Å². The molecule has 0 radical (unpaired) electrons. The zero-order valence-electron chi connectivity index (χ0n) is 16.7. The van der Waals surface area contributed by atoms with E-state index in [0.29, 0.717) is 18.8 Å². The highest BCUT2D eigenvalue weighted by Crippen LogP contribution is 2.32. The molecular weight excluding hydrogens is 358 g/mol. The lowest BCUT2D eigenvalue weighted by molar-refractivity contribution is -0.125. The van der Waals surface area contributed by atoms with E-state index < -0.39 is 0 Å². The molecule has 1 N–H and O–H groups in total. The van der Waals surface area contributed by atoms with Crippen LogP contribution < -0.4 is 10.2 Å². The Bertz CT molecular complexity index is 831. The molecule has 0 aromatic carbocycles. The number of aryl methyl sites for hydroxylation is 2. The summed E-state index contributed by atoms with van der Waals surface area (Å²) in [6.07, 6.45) is 3.44. The van der Waals surface area contributed by atoms with Crippen molar-refractivity contribution in [2.45, 2.75) is 26.7 Å². The summed E-state index contributed by atoms with van der Waals surface area (Å²) in [6.45, 7) is 10.6. The molecule has 8 nitrogen and oxygen atoms in total. The Hall–Kier alpha value is -2.19. The summed E-state index contributed by atoms with van der Waals surface area (Å²) < 4.78 is 11.1. The minimum absolute atomic E-state index is 0.0169. The standard InChI is InChI=1S/C20H29N5O3/c1-14-15(2)28-20-17(14)18(22-13-23-20)25-6-3-4-16(12-25)19(26)21-5-7-24-8-10-27-11-9-24/h13,16H,3-12H2,1-2H3,(H,21,26)/t16-/m1/s1. The van der Waals surface area contributed by atoms with Crippen LogP contribution in [0.5, 0.6) is 0 Å². The fourth-order valence-corrected chi connectivity index (χ4v) is 4.09. The number of anilines is 1. The maximum absolute atomic E-state index is 12.7. The van der Waals surface area contributed by atoms with E-state index in [1.807, 2.05) is 13.8 Å². The summed E-state index contributed by atoms with van der Waals surface area (Å²) in [4.78, 5) is 26.0. The van der Waals surface area contributed by atoms with E-state index >= 15 is 0 Å². The SMILES string of the molecule is Cc1oc2ncnc(N3CCC[C@@H](C(=O)NCCN4CCOCC4)C3)c2c1C. The number of rotatable bonds is 5. The van der Waals surface area contributed by atoms with Crippen LogP contribution in [0.1, 0.15) is 24.2 Å². The van der Waals surface area contributed by atoms with Crippen molar-refractivity contribution < 1.29 is 13.9 Å². The molecule has 152 valence electrons. The molecule has 4 rings (SSSR count). The van der Waals surface area contributed by atoms with E-state index in [2.05, 4.69) is 25.1 Å².